The molecule has 1 amide bonds. The largest absolute Gasteiger partial charge is 0.378 e. The Labute approximate surface area is 221 Å². The molecular weight excluding hydrogens is 494 g/mol. The fourth-order valence-electron chi connectivity index (χ4n) is 4.43. The predicted octanol–water partition coefficient (Wildman–Crippen LogP) is 4.22. The number of carbonyl (C=O) groups excluding carboxylic acids is 1. The van der Waals surface area contributed by atoms with Crippen LogP contribution in [0.2, 0.25) is 5.15 Å². The van der Waals surface area contributed by atoms with Crippen LogP contribution >= 0.6 is 23.4 Å². The fourth-order valence-corrected chi connectivity index (χ4v) is 5.47. The Morgan fingerprint density at radius 1 is 0.889 bits per heavy atom. The van der Waals surface area contributed by atoms with E-state index in [0.29, 0.717) is 29.3 Å². The number of hydrogen-bond acceptors (Lipinski definition) is 7. The van der Waals surface area contributed by atoms with E-state index in [4.69, 9.17) is 16.3 Å². The highest BCUT2D eigenvalue weighted by Gasteiger charge is 2.22. The summed E-state index contributed by atoms with van der Waals surface area (Å²) in [6, 6.07) is 20.2. The lowest BCUT2D eigenvalue weighted by molar-refractivity contribution is 0.0628. The van der Waals surface area contributed by atoms with Gasteiger partial charge >= 0.3 is 0 Å². The summed E-state index contributed by atoms with van der Waals surface area (Å²) < 4.78 is 5.43. The van der Waals surface area contributed by atoms with Crippen molar-refractivity contribution in [3.63, 3.8) is 0 Å². The number of halogens is 1. The molecule has 0 saturated carbocycles. The van der Waals surface area contributed by atoms with E-state index in [9.17, 15) is 4.79 Å². The minimum absolute atomic E-state index is 0.0990. The summed E-state index contributed by atoms with van der Waals surface area (Å²) in [6.45, 7) is 7.20. The lowest BCUT2D eigenvalue weighted by Crippen LogP contribution is -2.48. The molecule has 3 heterocycles. The molecule has 0 N–H and O–H groups in total. The average molecular weight is 524 g/mol. The SMILES string of the molecule is O=C(c1ccc(CSc2nc(Cl)cc(N3CCOCC3)n2)cc1)N1CCN(Cc2ccccc2)CC1. The van der Waals surface area contributed by atoms with Crippen LogP contribution in [0.3, 0.4) is 0 Å². The molecule has 3 aromatic rings. The summed E-state index contributed by atoms with van der Waals surface area (Å²) in [6.07, 6.45) is 0. The number of carbonyl (C=O) groups is 1. The summed E-state index contributed by atoms with van der Waals surface area (Å²) >= 11 is 7.81. The van der Waals surface area contributed by atoms with Crippen molar-refractivity contribution >= 4 is 35.1 Å². The number of thioether (sulfide) groups is 1. The number of ether oxygens (including phenoxy) is 1. The van der Waals surface area contributed by atoms with Crippen LogP contribution in [-0.2, 0) is 17.0 Å². The Morgan fingerprint density at radius 2 is 1.61 bits per heavy atom. The normalized spacial score (nSPS) is 16.8. The maximum atomic E-state index is 13.0. The molecule has 5 rings (SSSR count). The fraction of sp³-hybridized carbons (Fsp3) is 0.370. The molecule has 0 bridgehead atoms. The van der Waals surface area contributed by atoms with Gasteiger partial charge in [0.25, 0.3) is 5.91 Å². The topological polar surface area (TPSA) is 61.8 Å². The van der Waals surface area contributed by atoms with Gasteiger partial charge in [-0.05, 0) is 23.3 Å². The van der Waals surface area contributed by atoms with E-state index in [2.05, 4.69) is 44.0 Å². The monoisotopic (exact) mass is 523 g/mol. The summed E-state index contributed by atoms with van der Waals surface area (Å²) in [7, 11) is 0. The van der Waals surface area contributed by atoms with E-state index in [1.807, 2.05) is 35.2 Å². The number of benzene rings is 2. The third-order valence-corrected chi connectivity index (χ3v) is 7.59. The zero-order valence-corrected chi connectivity index (χ0v) is 21.8. The second-order valence-electron chi connectivity index (χ2n) is 8.97. The van der Waals surface area contributed by atoms with E-state index in [1.54, 1.807) is 17.8 Å². The van der Waals surface area contributed by atoms with E-state index >= 15 is 0 Å². The van der Waals surface area contributed by atoms with Crippen molar-refractivity contribution in [2.45, 2.75) is 17.5 Å². The number of aromatic nitrogens is 2. The van der Waals surface area contributed by atoms with Gasteiger partial charge in [-0.2, -0.15) is 0 Å². The van der Waals surface area contributed by atoms with Crippen molar-refractivity contribution in [3.8, 4) is 0 Å². The first-order chi connectivity index (χ1) is 17.6. The molecule has 7 nitrogen and oxygen atoms in total. The smallest absolute Gasteiger partial charge is 0.253 e. The molecule has 0 radical (unpaired) electrons. The Kier molecular flexibility index (Phi) is 8.38. The third kappa shape index (κ3) is 6.56. The number of amides is 1. The van der Waals surface area contributed by atoms with Crippen LogP contribution in [0, 0.1) is 0 Å². The quantitative estimate of drug-likeness (QED) is 0.261. The second kappa shape index (κ2) is 12.1. The van der Waals surface area contributed by atoms with Crippen LogP contribution in [0.4, 0.5) is 5.82 Å². The van der Waals surface area contributed by atoms with Crippen molar-refractivity contribution in [2.75, 3.05) is 57.4 Å². The van der Waals surface area contributed by atoms with Gasteiger partial charge in [0.05, 0.1) is 13.2 Å². The van der Waals surface area contributed by atoms with E-state index < -0.39 is 0 Å². The average Bonchev–Trinajstić information content (AvgIpc) is 2.93. The molecule has 2 saturated heterocycles. The molecule has 36 heavy (non-hydrogen) atoms. The lowest BCUT2D eigenvalue weighted by atomic mass is 10.1. The molecule has 2 aromatic carbocycles. The Hall–Kier alpha value is -2.65. The van der Waals surface area contributed by atoms with E-state index in [1.165, 1.54) is 5.56 Å². The van der Waals surface area contributed by atoms with Gasteiger partial charge in [0.15, 0.2) is 5.16 Å². The zero-order valence-electron chi connectivity index (χ0n) is 20.2. The minimum Gasteiger partial charge on any atom is -0.378 e. The number of piperazine rings is 1. The van der Waals surface area contributed by atoms with Gasteiger partial charge in [-0.25, -0.2) is 9.97 Å². The van der Waals surface area contributed by atoms with Crippen molar-refractivity contribution in [1.29, 1.82) is 0 Å². The molecule has 0 aliphatic carbocycles. The lowest BCUT2D eigenvalue weighted by Gasteiger charge is -2.34. The van der Waals surface area contributed by atoms with Gasteiger partial charge in [0.2, 0.25) is 0 Å². The maximum absolute atomic E-state index is 13.0. The first kappa shape index (κ1) is 25.0. The van der Waals surface area contributed by atoms with E-state index in [-0.39, 0.29) is 5.91 Å². The van der Waals surface area contributed by atoms with Crippen LogP contribution in [0.25, 0.3) is 0 Å². The predicted molar refractivity (Wildman–Crippen MR) is 144 cm³/mol. The van der Waals surface area contributed by atoms with Crippen molar-refractivity contribution in [1.82, 2.24) is 19.8 Å². The molecule has 188 valence electrons. The summed E-state index contributed by atoms with van der Waals surface area (Å²) in [5.74, 6) is 1.64. The van der Waals surface area contributed by atoms with Crippen LogP contribution in [0.15, 0.2) is 65.8 Å². The van der Waals surface area contributed by atoms with Crippen LogP contribution < -0.4 is 4.90 Å². The Bertz CT molecular complexity index is 1150. The zero-order chi connectivity index (χ0) is 24.7. The molecule has 2 fully saturated rings. The molecule has 2 aliphatic heterocycles. The standard InChI is InChI=1S/C27H30ClN5O2S/c28-24-18-25(32-14-16-35-17-15-32)30-27(29-24)36-20-22-6-8-23(9-7-22)26(34)33-12-10-31(11-13-33)19-21-4-2-1-3-5-21/h1-9,18H,10-17,19-20H2. The molecule has 0 unspecified atom stereocenters. The van der Waals surface area contributed by atoms with Gasteiger partial charge in [-0.15, -0.1) is 0 Å². The highest BCUT2D eigenvalue weighted by molar-refractivity contribution is 7.98. The van der Waals surface area contributed by atoms with Crippen LogP contribution in [-0.4, -0.2) is 78.2 Å². The molecule has 9 heteroatoms. The van der Waals surface area contributed by atoms with Gasteiger partial charge in [0.1, 0.15) is 11.0 Å². The second-order valence-corrected chi connectivity index (χ2v) is 10.3. The number of hydrogen-bond donors (Lipinski definition) is 0. The number of rotatable bonds is 7. The number of nitrogens with zero attached hydrogens (tertiary/aromatic N) is 5. The van der Waals surface area contributed by atoms with Crippen LogP contribution in [0.5, 0.6) is 0 Å². The van der Waals surface area contributed by atoms with Crippen molar-refractivity contribution in [3.05, 3.63) is 82.5 Å². The van der Waals surface area contributed by atoms with Gasteiger partial charge in [0, 0.05) is 63.2 Å². The summed E-state index contributed by atoms with van der Waals surface area (Å²) in [5.41, 5.74) is 3.15. The summed E-state index contributed by atoms with van der Waals surface area (Å²) in [4.78, 5) is 28.6. The van der Waals surface area contributed by atoms with Gasteiger partial charge in [-0.1, -0.05) is 65.8 Å². The molecule has 1 aromatic heterocycles. The van der Waals surface area contributed by atoms with Crippen LogP contribution in [0.1, 0.15) is 21.5 Å². The highest BCUT2D eigenvalue weighted by Crippen LogP contribution is 2.25. The molecular formula is C27H30ClN5O2S. The van der Waals surface area contributed by atoms with Crippen molar-refractivity contribution < 1.29 is 9.53 Å². The first-order valence-electron chi connectivity index (χ1n) is 12.3. The molecule has 0 atom stereocenters. The third-order valence-electron chi connectivity index (χ3n) is 6.47. The molecule has 2 aliphatic rings. The van der Waals surface area contributed by atoms with E-state index in [0.717, 1.165) is 62.8 Å². The van der Waals surface area contributed by atoms with Gasteiger partial charge < -0.3 is 14.5 Å². The van der Waals surface area contributed by atoms with Crippen molar-refractivity contribution in [2.24, 2.45) is 0 Å². The number of morpholine rings is 1. The van der Waals surface area contributed by atoms with Gasteiger partial charge in [-0.3, -0.25) is 9.69 Å². The Balaban J connectivity index is 1.13. The summed E-state index contributed by atoms with van der Waals surface area (Å²) in [5, 5.41) is 1.09. The molecule has 0 spiro atoms. The number of anilines is 1. The minimum atomic E-state index is 0.0990. The highest BCUT2D eigenvalue weighted by atomic mass is 35.5. The first-order valence-corrected chi connectivity index (χ1v) is 13.6. The maximum Gasteiger partial charge on any atom is 0.253 e. The Morgan fingerprint density at radius 3 is 2.33 bits per heavy atom.